The summed E-state index contributed by atoms with van der Waals surface area (Å²) in [5.41, 5.74) is 2.60. The number of benzene rings is 1. The molecule has 112 valence electrons. The molecule has 3 nitrogen and oxygen atoms in total. The van der Waals surface area contributed by atoms with Crippen LogP contribution in [0.3, 0.4) is 0 Å². The molecule has 0 aliphatic heterocycles. The van der Waals surface area contributed by atoms with Crippen molar-refractivity contribution in [1.82, 2.24) is 9.78 Å². The van der Waals surface area contributed by atoms with Gasteiger partial charge in [0.2, 0.25) is 0 Å². The maximum Gasteiger partial charge on any atom is 0.0720 e. The van der Waals surface area contributed by atoms with Crippen LogP contribution in [0, 0.1) is 5.92 Å². The third-order valence-electron chi connectivity index (χ3n) is 4.07. The summed E-state index contributed by atoms with van der Waals surface area (Å²) in [6.07, 6.45) is 7.87. The van der Waals surface area contributed by atoms with Gasteiger partial charge in [0.15, 0.2) is 0 Å². The van der Waals surface area contributed by atoms with Gasteiger partial charge in [-0.3, -0.25) is 4.68 Å². The molecule has 0 bridgehead atoms. The number of ether oxygens (including phenoxy) is 1. The monoisotopic (exact) mass is 284 g/mol. The molecule has 1 aromatic heterocycles. The van der Waals surface area contributed by atoms with Crippen LogP contribution in [0.15, 0.2) is 42.7 Å². The van der Waals surface area contributed by atoms with Crippen molar-refractivity contribution in [3.63, 3.8) is 0 Å². The smallest absolute Gasteiger partial charge is 0.0720 e. The zero-order valence-corrected chi connectivity index (χ0v) is 12.9. The Morgan fingerprint density at radius 2 is 1.95 bits per heavy atom. The second kappa shape index (κ2) is 6.44. The van der Waals surface area contributed by atoms with Crippen molar-refractivity contribution in [2.45, 2.75) is 51.9 Å². The summed E-state index contributed by atoms with van der Waals surface area (Å²) in [6.45, 7) is 5.21. The summed E-state index contributed by atoms with van der Waals surface area (Å²) in [7, 11) is 0. The summed E-state index contributed by atoms with van der Waals surface area (Å²) in [6, 6.07) is 10.9. The average Bonchev–Trinajstić information content (AvgIpc) is 2.85. The van der Waals surface area contributed by atoms with Crippen molar-refractivity contribution < 1.29 is 4.74 Å². The molecule has 0 spiro atoms. The number of rotatable bonds is 6. The fourth-order valence-corrected chi connectivity index (χ4v) is 2.83. The van der Waals surface area contributed by atoms with Crippen LogP contribution >= 0.6 is 0 Å². The highest BCUT2D eigenvalue weighted by molar-refractivity contribution is 5.13. The fourth-order valence-electron chi connectivity index (χ4n) is 2.83. The average molecular weight is 284 g/mol. The molecule has 0 unspecified atom stereocenters. The lowest BCUT2D eigenvalue weighted by Gasteiger charge is -2.35. The van der Waals surface area contributed by atoms with E-state index in [1.807, 2.05) is 12.3 Å². The predicted molar refractivity (Wildman–Crippen MR) is 84.1 cm³/mol. The van der Waals surface area contributed by atoms with Crippen molar-refractivity contribution in [2.24, 2.45) is 5.92 Å². The molecule has 21 heavy (non-hydrogen) atoms. The molecule has 1 saturated carbocycles. The highest BCUT2D eigenvalue weighted by atomic mass is 16.5. The molecule has 1 heterocycles. The second-order valence-corrected chi connectivity index (χ2v) is 6.47. The van der Waals surface area contributed by atoms with Crippen LogP contribution in [0.1, 0.15) is 43.9 Å². The number of nitrogens with zero attached hydrogens (tertiary/aromatic N) is 2. The SMILES string of the molecule is CC(C)Cc1cnn(C2CC(OCc3ccccc3)C2)c1. The zero-order valence-electron chi connectivity index (χ0n) is 12.9. The highest BCUT2D eigenvalue weighted by Gasteiger charge is 2.31. The van der Waals surface area contributed by atoms with Crippen LogP contribution in [-0.2, 0) is 17.8 Å². The van der Waals surface area contributed by atoms with Crippen LogP contribution in [0.25, 0.3) is 0 Å². The van der Waals surface area contributed by atoms with Gasteiger partial charge in [-0.2, -0.15) is 5.10 Å². The molecule has 3 heteroatoms. The lowest BCUT2D eigenvalue weighted by Crippen LogP contribution is -2.33. The molecule has 1 aliphatic carbocycles. The van der Waals surface area contributed by atoms with E-state index in [2.05, 4.69) is 54.1 Å². The Morgan fingerprint density at radius 1 is 1.19 bits per heavy atom. The molecule has 2 aromatic rings. The topological polar surface area (TPSA) is 27.1 Å². The summed E-state index contributed by atoms with van der Waals surface area (Å²) in [5.74, 6) is 0.686. The first-order chi connectivity index (χ1) is 10.2. The summed E-state index contributed by atoms with van der Waals surface area (Å²) in [5, 5.41) is 4.51. The van der Waals surface area contributed by atoms with Gasteiger partial charge >= 0.3 is 0 Å². The van der Waals surface area contributed by atoms with Crippen molar-refractivity contribution >= 4 is 0 Å². The van der Waals surface area contributed by atoms with Gasteiger partial charge < -0.3 is 4.74 Å². The van der Waals surface area contributed by atoms with Crippen LogP contribution < -0.4 is 0 Å². The summed E-state index contributed by atoms with van der Waals surface area (Å²) < 4.78 is 8.07. The fraction of sp³-hybridized carbons (Fsp3) is 0.500. The van der Waals surface area contributed by atoms with Gasteiger partial charge in [-0.05, 0) is 36.3 Å². The maximum atomic E-state index is 5.95. The Labute approximate surface area is 126 Å². The van der Waals surface area contributed by atoms with Crippen molar-refractivity contribution in [2.75, 3.05) is 0 Å². The molecule has 0 saturated heterocycles. The molecule has 0 atom stereocenters. The Balaban J connectivity index is 1.44. The zero-order chi connectivity index (χ0) is 14.7. The number of hydrogen-bond donors (Lipinski definition) is 0. The van der Waals surface area contributed by atoms with E-state index in [4.69, 9.17) is 4.74 Å². The Kier molecular flexibility index (Phi) is 4.39. The molecular weight excluding hydrogens is 260 g/mol. The normalized spacial score (nSPS) is 21.5. The predicted octanol–water partition coefficient (Wildman–Crippen LogP) is 4.00. The number of aromatic nitrogens is 2. The van der Waals surface area contributed by atoms with E-state index < -0.39 is 0 Å². The maximum absolute atomic E-state index is 5.95. The third-order valence-corrected chi connectivity index (χ3v) is 4.07. The van der Waals surface area contributed by atoms with E-state index in [-0.39, 0.29) is 0 Å². The van der Waals surface area contributed by atoms with Crippen LogP contribution in [-0.4, -0.2) is 15.9 Å². The van der Waals surface area contributed by atoms with E-state index in [1.54, 1.807) is 0 Å². The lowest BCUT2D eigenvalue weighted by atomic mass is 9.89. The minimum absolute atomic E-state index is 0.382. The van der Waals surface area contributed by atoms with Crippen molar-refractivity contribution in [1.29, 1.82) is 0 Å². The molecule has 0 amide bonds. The molecule has 3 rings (SSSR count). The quantitative estimate of drug-likeness (QED) is 0.801. The minimum Gasteiger partial charge on any atom is -0.373 e. The molecule has 1 aliphatic rings. The highest BCUT2D eigenvalue weighted by Crippen LogP contribution is 2.34. The first-order valence-corrected chi connectivity index (χ1v) is 7.89. The molecule has 1 fully saturated rings. The minimum atomic E-state index is 0.382. The summed E-state index contributed by atoms with van der Waals surface area (Å²) >= 11 is 0. The van der Waals surface area contributed by atoms with Gasteiger partial charge in [-0.1, -0.05) is 44.2 Å². The first kappa shape index (κ1) is 14.3. The van der Waals surface area contributed by atoms with Gasteiger partial charge in [-0.15, -0.1) is 0 Å². The molecule has 0 N–H and O–H groups in total. The second-order valence-electron chi connectivity index (χ2n) is 6.47. The Hall–Kier alpha value is -1.61. The summed E-state index contributed by atoms with van der Waals surface area (Å²) in [4.78, 5) is 0. The Bertz CT molecular complexity index is 556. The van der Waals surface area contributed by atoms with Crippen LogP contribution in [0.4, 0.5) is 0 Å². The molecule has 1 aromatic carbocycles. The lowest BCUT2D eigenvalue weighted by molar-refractivity contribution is -0.0383. The van der Waals surface area contributed by atoms with Gasteiger partial charge in [0.25, 0.3) is 0 Å². The van der Waals surface area contributed by atoms with Crippen molar-refractivity contribution in [3.8, 4) is 0 Å². The largest absolute Gasteiger partial charge is 0.373 e. The van der Waals surface area contributed by atoms with Crippen molar-refractivity contribution in [3.05, 3.63) is 53.9 Å². The van der Waals surface area contributed by atoms with Gasteiger partial charge in [-0.25, -0.2) is 0 Å². The van der Waals surface area contributed by atoms with E-state index in [1.165, 1.54) is 11.1 Å². The van der Waals surface area contributed by atoms with E-state index in [0.29, 0.717) is 18.1 Å². The third kappa shape index (κ3) is 3.73. The van der Waals surface area contributed by atoms with Crippen LogP contribution in [0.2, 0.25) is 0 Å². The standard InChI is InChI=1S/C18H24N2O/c1-14(2)8-16-11-19-20(12-16)17-9-18(10-17)21-13-15-6-4-3-5-7-15/h3-7,11-12,14,17-18H,8-10,13H2,1-2H3. The van der Waals surface area contributed by atoms with E-state index >= 15 is 0 Å². The van der Waals surface area contributed by atoms with E-state index in [0.717, 1.165) is 25.9 Å². The van der Waals surface area contributed by atoms with Crippen LogP contribution in [0.5, 0.6) is 0 Å². The number of hydrogen-bond acceptors (Lipinski definition) is 2. The van der Waals surface area contributed by atoms with Gasteiger partial charge in [0, 0.05) is 6.20 Å². The molecular formula is C18H24N2O. The molecule has 0 radical (unpaired) electrons. The van der Waals surface area contributed by atoms with Gasteiger partial charge in [0.05, 0.1) is 24.9 Å². The van der Waals surface area contributed by atoms with Gasteiger partial charge in [0.1, 0.15) is 0 Å². The first-order valence-electron chi connectivity index (χ1n) is 7.89. The van der Waals surface area contributed by atoms with E-state index in [9.17, 15) is 0 Å². The Morgan fingerprint density at radius 3 is 2.67 bits per heavy atom.